The summed E-state index contributed by atoms with van der Waals surface area (Å²) < 4.78 is 0. The van der Waals surface area contributed by atoms with E-state index < -0.39 is 0 Å². The summed E-state index contributed by atoms with van der Waals surface area (Å²) in [5, 5.41) is 10.8. The van der Waals surface area contributed by atoms with E-state index in [0.717, 1.165) is 13.0 Å². The smallest absolute Gasteiger partial charge is 0.166 e. The van der Waals surface area contributed by atoms with Gasteiger partial charge in [-0.1, -0.05) is 60.7 Å². The fourth-order valence-electron chi connectivity index (χ4n) is 3.37. The van der Waals surface area contributed by atoms with Crippen molar-refractivity contribution in [3.63, 3.8) is 0 Å². The first-order chi connectivity index (χ1) is 11.3. The summed E-state index contributed by atoms with van der Waals surface area (Å²) in [6.45, 7) is 0.933. The van der Waals surface area contributed by atoms with Crippen LogP contribution < -0.4 is 16.0 Å². The number of thiocarbonyl (C=S) groups is 1. The standard InChI is InChI=1S/C19H23N3S/c1-20-19(23)22-16-12-17(21-13-16)18(14-8-4-2-5-9-14)15-10-6-3-7-11-15/h2-11,16-18,21H,12-13H2,1H3,(H2,20,22,23). The van der Waals surface area contributed by atoms with Crippen molar-refractivity contribution >= 4 is 17.3 Å². The summed E-state index contributed by atoms with van der Waals surface area (Å²) in [5.41, 5.74) is 2.71. The van der Waals surface area contributed by atoms with Crippen LogP contribution in [0.4, 0.5) is 0 Å². The summed E-state index contributed by atoms with van der Waals surface area (Å²) in [5.74, 6) is 0.354. The normalized spacial score (nSPS) is 20.4. The SMILES string of the molecule is CNC(=S)NC1CNC(C(c2ccccc2)c2ccccc2)C1. The molecule has 4 heteroatoms. The van der Waals surface area contributed by atoms with Crippen molar-refractivity contribution in [3.05, 3.63) is 71.8 Å². The van der Waals surface area contributed by atoms with Crippen LogP contribution in [0.15, 0.2) is 60.7 Å². The Morgan fingerprint density at radius 2 is 1.61 bits per heavy atom. The highest BCUT2D eigenvalue weighted by Gasteiger charge is 2.32. The highest BCUT2D eigenvalue weighted by Crippen LogP contribution is 2.32. The fraction of sp³-hybridized carbons (Fsp3) is 0.316. The monoisotopic (exact) mass is 325 g/mol. The largest absolute Gasteiger partial charge is 0.366 e. The molecule has 0 saturated carbocycles. The fourth-order valence-corrected chi connectivity index (χ4v) is 3.53. The quantitative estimate of drug-likeness (QED) is 0.756. The van der Waals surface area contributed by atoms with E-state index in [9.17, 15) is 0 Å². The van der Waals surface area contributed by atoms with Gasteiger partial charge in [-0.25, -0.2) is 0 Å². The van der Waals surface area contributed by atoms with Crippen molar-refractivity contribution in [2.24, 2.45) is 0 Å². The zero-order valence-electron chi connectivity index (χ0n) is 13.3. The van der Waals surface area contributed by atoms with E-state index in [1.165, 1.54) is 11.1 Å². The molecule has 0 aliphatic carbocycles. The molecular weight excluding hydrogens is 302 g/mol. The molecule has 0 aromatic heterocycles. The predicted octanol–water partition coefficient (Wildman–Crippen LogP) is 2.64. The summed E-state index contributed by atoms with van der Waals surface area (Å²) in [6, 6.07) is 22.3. The zero-order valence-corrected chi connectivity index (χ0v) is 14.1. The van der Waals surface area contributed by atoms with Crippen molar-refractivity contribution < 1.29 is 0 Å². The Morgan fingerprint density at radius 1 is 1.04 bits per heavy atom. The second kappa shape index (κ2) is 7.57. The van der Waals surface area contributed by atoms with E-state index in [-0.39, 0.29) is 0 Å². The van der Waals surface area contributed by atoms with Crippen LogP contribution in [0, 0.1) is 0 Å². The molecule has 1 fully saturated rings. The van der Waals surface area contributed by atoms with Crippen LogP contribution in [0.3, 0.4) is 0 Å². The lowest BCUT2D eigenvalue weighted by Gasteiger charge is -2.25. The maximum atomic E-state index is 5.23. The topological polar surface area (TPSA) is 36.1 Å². The number of benzene rings is 2. The maximum Gasteiger partial charge on any atom is 0.166 e. The van der Waals surface area contributed by atoms with Gasteiger partial charge in [0.05, 0.1) is 0 Å². The molecule has 1 aliphatic heterocycles. The second-order valence-corrected chi connectivity index (χ2v) is 6.38. The molecule has 2 aromatic rings. The third-order valence-corrected chi connectivity index (χ3v) is 4.77. The first-order valence-electron chi connectivity index (χ1n) is 8.09. The molecule has 3 rings (SSSR count). The minimum Gasteiger partial charge on any atom is -0.366 e. The Bertz CT molecular complexity index is 590. The van der Waals surface area contributed by atoms with Gasteiger partial charge in [-0.15, -0.1) is 0 Å². The lowest BCUT2D eigenvalue weighted by molar-refractivity contribution is 0.531. The molecule has 0 spiro atoms. The Kier molecular flexibility index (Phi) is 5.26. The average molecular weight is 325 g/mol. The van der Waals surface area contributed by atoms with Crippen LogP contribution in [-0.2, 0) is 0 Å². The van der Waals surface area contributed by atoms with Gasteiger partial charge in [0.2, 0.25) is 0 Å². The van der Waals surface area contributed by atoms with E-state index in [1.54, 1.807) is 0 Å². The molecule has 0 bridgehead atoms. The third kappa shape index (κ3) is 3.89. The van der Waals surface area contributed by atoms with Gasteiger partial charge in [-0.3, -0.25) is 0 Å². The molecular formula is C19H23N3S. The molecule has 0 radical (unpaired) electrons. The van der Waals surface area contributed by atoms with Crippen LogP contribution in [-0.4, -0.2) is 30.8 Å². The molecule has 120 valence electrons. The van der Waals surface area contributed by atoms with Crippen LogP contribution in [0.25, 0.3) is 0 Å². The summed E-state index contributed by atoms with van der Waals surface area (Å²) in [4.78, 5) is 0. The van der Waals surface area contributed by atoms with Crippen LogP contribution >= 0.6 is 12.2 Å². The van der Waals surface area contributed by atoms with E-state index in [2.05, 4.69) is 76.6 Å². The zero-order chi connectivity index (χ0) is 16.1. The first-order valence-corrected chi connectivity index (χ1v) is 8.50. The van der Waals surface area contributed by atoms with Crippen molar-refractivity contribution in [1.82, 2.24) is 16.0 Å². The highest BCUT2D eigenvalue weighted by molar-refractivity contribution is 7.80. The van der Waals surface area contributed by atoms with Gasteiger partial charge in [0.25, 0.3) is 0 Å². The molecule has 2 unspecified atom stereocenters. The third-order valence-electron chi connectivity index (χ3n) is 4.45. The predicted molar refractivity (Wildman–Crippen MR) is 99.7 cm³/mol. The highest BCUT2D eigenvalue weighted by atomic mass is 32.1. The number of rotatable bonds is 4. The van der Waals surface area contributed by atoms with E-state index in [4.69, 9.17) is 12.2 Å². The van der Waals surface area contributed by atoms with Crippen molar-refractivity contribution in [2.45, 2.75) is 24.4 Å². The van der Waals surface area contributed by atoms with Gasteiger partial charge in [0.15, 0.2) is 5.11 Å². The van der Waals surface area contributed by atoms with E-state index in [1.807, 2.05) is 7.05 Å². The molecule has 3 N–H and O–H groups in total. The first kappa shape index (κ1) is 16.0. The Balaban J connectivity index is 1.81. The summed E-state index contributed by atoms with van der Waals surface area (Å²) in [7, 11) is 1.85. The molecule has 3 nitrogen and oxygen atoms in total. The maximum absolute atomic E-state index is 5.23. The van der Waals surface area contributed by atoms with E-state index in [0.29, 0.717) is 23.1 Å². The van der Waals surface area contributed by atoms with Gasteiger partial charge in [-0.05, 0) is 29.8 Å². The van der Waals surface area contributed by atoms with Crippen LogP contribution in [0.2, 0.25) is 0 Å². The van der Waals surface area contributed by atoms with Crippen molar-refractivity contribution in [3.8, 4) is 0 Å². The minimum absolute atomic E-state index is 0.354. The summed E-state index contributed by atoms with van der Waals surface area (Å²) in [6.07, 6.45) is 1.05. The molecule has 2 aromatic carbocycles. The van der Waals surface area contributed by atoms with Gasteiger partial charge in [0, 0.05) is 31.6 Å². The molecule has 1 aliphatic rings. The average Bonchev–Trinajstić information content (AvgIpc) is 3.05. The number of hydrogen-bond acceptors (Lipinski definition) is 2. The van der Waals surface area contributed by atoms with Gasteiger partial charge < -0.3 is 16.0 Å². The van der Waals surface area contributed by atoms with Crippen LogP contribution in [0.1, 0.15) is 23.5 Å². The molecule has 1 heterocycles. The van der Waals surface area contributed by atoms with E-state index >= 15 is 0 Å². The Labute approximate surface area is 143 Å². The molecule has 23 heavy (non-hydrogen) atoms. The lowest BCUT2D eigenvalue weighted by atomic mass is 9.84. The molecule has 2 atom stereocenters. The molecule has 1 saturated heterocycles. The summed E-state index contributed by atoms with van der Waals surface area (Å²) >= 11 is 5.23. The molecule has 0 amide bonds. The van der Waals surface area contributed by atoms with Gasteiger partial charge in [0.1, 0.15) is 0 Å². The lowest BCUT2D eigenvalue weighted by Crippen LogP contribution is -2.41. The Morgan fingerprint density at radius 3 is 2.13 bits per heavy atom. The van der Waals surface area contributed by atoms with Crippen LogP contribution in [0.5, 0.6) is 0 Å². The van der Waals surface area contributed by atoms with Gasteiger partial charge in [-0.2, -0.15) is 0 Å². The van der Waals surface area contributed by atoms with Gasteiger partial charge >= 0.3 is 0 Å². The minimum atomic E-state index is 0.354. The van der Waals surface area contributed by atoms with Crippen molar-refractivity contribution in [2.75, 3.05) is 13.6 Å². The number of nitrogens with one attached hydrogen (secondary N) is 3. The second-order valence-electron chi connectivity index (χ2n) is 5.97. The van der Waals surface area contributed by atoms with Crippen molar-refractivity contribution in [1.29, 1.82) is 0 Å². The number of hydrogen-bond donors (Lipinski definition) is 3. The Hall–Kier alpha value is -1.91.